The first-order chi connectivity index (χ1) is 9.09. The van der Waals surface area contributed by atoms with Gasteiger partial charge in [-0.05, 0) is 25.1 Å². The second kappa shape index (κ2) is 5.48. The van der Waals surface area contributed by atoms with Crippen molar-refractivity contribution in [2.45, 2.75) is 13.0 Å². The van der Waals surface area contributed by atoms with E-state index in [2.05, 4.69) is 10.3 Å². The Morgan fingerprint density at radius 1 is 1.32 bits per heavy atom. The first-order valence-electron chi connectivity index (χ1n) is 5.85. The van der Waals surface area contributed by atoms with Crippen LogP contribution in [0.4, 0.5) is 10.1 Å². The molecule has 1 aromatic heterocycles. The van der Waals surface area contributed by atoms with Crippen LogP contribution in [-0.4, -0.2) is 10.9 Å². The zero-order valence-corrected chi connectivity index (χ0v) is 10.4. The molecule has 98 valence electrons. The lowest BCUT2D eigenvalue weighted by Crippen LogP contribution is -2.28. The van der Waals surface area contributed by atoms with Crippen LogP contribution in [0.1, 0.15) is 29.0 Å². The molecule has 3 N–H and O–H groups in total. The number of pyridine rings is 1. The largest absolute Gasteiger partial charge is 0.397 e. The molecule has 2 rings (SSSR count). The monoisotopic (exact) mass is 259 g/mol. The van der Waals surface area contributed by atoms with E-state index in [4.69, 9.17) is 5.73 Å². The third-order valence-corrected chi connectivity index (χ3v) is 2.77. The van der Waals surface area contributed by atoms with Crippen molar-refractivity contribution in [1.82, 2.24) is 10.3 Å². The number of hydrogen-bond acceptors (Lipinski definition) is 3. The molecule has 5 heteroatoms. The zero-order valence-electron chi connectivity index (χ0n) is 10.4. The lowest BCUT2D eigenvalue weighted by molar-refractivity contribution is 0.0935. The molecule has 1 heterocycles. The maximum atomic E-state index is 13.6. The van der Waals surface area contributed by atoms with Crippen molar-refractivity contribution < 1.29 is 9.18 Å². The highest BCUT2D eigenvalue weighted by Gasteiger charge is 2.16. The summed E-state index contributed by atoms with van der Waals surface area (Å²) in [6, 6.07) is 9.08. The minimum atomic E-state index is -0.463. The number of carbonyl (C=O) groups excluding carboxylic acids is 1. The Morgan fingerprint density at radius 3 is 2.74 bits per heavy atom. The number of nitrogens with two attached hydrogens (primary N) is 1. The van der Waals surface area contributed by atoms with Gasteiger partial charge in [-0.1, -0.05) is 18.2 Å². The summed E-state index contributed by atoms with van der Waals surface area (Å²) in [4.78, 5) is 15.9. The van der Waals surface area contributed by atoms with Crippen molar-refractivity contribution in [2.75, 3.05) is 5.73 Å². The number of rotatable bonds is 3. The van der Waals surface area contributed by atoms with Crippen LogP contribution in [0.5, 0.6) is 0 Å². The van der Waals surface area contributed by atoms with Gasteiger partial charge in [0, 0.05) is 11.8 Å². The van der Waals surface area contributed by atoms with Crippen LogP contribution in [0.2, 0.25) is 0 Å². The topological polar surface area (TPSA) is 68.0 Å². The van der Waals surface area contributed by atoms with Gasteiger partial charge < -0.3 is 11.1 Å². The molecule has 0 aliphatic heterocycles. The summed E-state index contributed by atoms with van der Waals surface area (Å²) in [6.45, 7) is 1.70. The molecule has 0 saturated heterocycles. The van der Waals surface area contributed by atoms with Crippen LogP contribution in [0.25, 0.3) is 0 Å². The van der Waals surface area contributed by atoms with Crippen molar-refractivity contribution in [3.05, 3.63) is 59.7 Å². The van der Waals surface area contributed by atoms with Crippen LogP contribution < -0.4 is 11.1 Å². The predicted octanol–water partition coefficient (Wildman–Crippen LogP) is 2.29. The normalized spacial score (nSPS) is 11.9. The maximum Gasteiger partial charge on any atom is 0.272 e. The highest BCUT2D eigenvalue weighted by atomic mass is 19.1. The average molecular weight is 259 g/mol. The molecule has 1 amide bonds. The van der Waals surface area contributed by atoms with Gasteiger partial charge >= 0.3 is 0 Å². The molecule has 19 heavy (non-hydrogen) atoms. The number of hydrogen-bond donors (Lipinski definition) is 2. The van der Waals surface area contributed by atoms with Crippen molar-refractivity contribution in [3.8, 4) is 0 Å². The molecule has 0 radical (unpaired) electrons. The predicted molar refractivity (Wildman–Crippen MR) is 70.9 cm³/mol. The molecule has 0 spiro atoms. The molecule has 0 saturated carbocycles. The van der Waals surface area contributed by atoms with E-state index in [1.54, 1.807) is 37.3 Å². The molecule has 0 aliphatic rings. The molecule has 0 unspecified atom stereocenters. The number of aromatic nitrogens is 1. The Hall–Kier alpha value is -2.43. The summed E-state index contributed by atoms with van der Waals surface area (Å²) in [5.41, 5.74) is 6.53. The van der Waals surface area contributed by atoms with E-state index in [1.165, 1.54) is 12.3 Å². The minimum absolute atomic E-state index is 0.144. The second-order valence-electron chi connectivity index (χ2n) is 4.16. The van der Waals surface area contributed by atoms with Crippen LogP contribution >= 0.6 is 0 Å². The standard InChI is InChI=1S/C14H14FN3O/c1-9(10-5-2-3-6-11(10)15)18-14(19)13-12(16)7-4-8-17-13/h2-9H,16H2,1H3,(H,18,19)/t9-/m1/s1. The van der Waals surface area contributed by atoms with Gasteiger partial charge in [0.1, 0.15) is 5.82 Å². The fourth-order valence-electron chi connectivity index (χ4n) is 1.78. The molecule has 0 fully saturated rings. The summed E-state index contributed by atoms with van der Waals surface area (Å²) in [7, 11) is 0. The van der Waals surface area contributed by atoms with Gasteiger partial charge in [0.05, 0.1) is 11.7 Å². The lowest BCUT2D eigenvalue weighted by Gasteiger charge is -2.15. The summed E-state index contributed by atoms with van der Waals surface area (Å²) < 4.78 is 13.6. The van der Waals surface area contributed by atoms with Gasteiger partial charge in [0.15, 0.2) is 5.69 Å². The van der Waals surface area contributed by atoms with Crippen molar-refractivity contribution in [1.29, 1.82) is 0 Å². The fourth-order valence-corrected chi connectivity index (χ4v) is 1.78. The van der Waals surface area contributed by atoms with Crippen molar-refractivity contribution >= 4 is 11.6 Å². The van der Waals surface area contributed by atoms with Crippen LogP contribution in [0.15, 0.2) is 42.6 Å². The number of benzene rings is 1. The summed E-state index contributed by atoms with van der Waals surface area (Å²) in [5, 5.41) is 2.67. The molecule has 0 aliphatic carbocycles. The second-order valence-corrected chi connectivity index (χ2v) is 4.16. The van der Waals surface area contributed by atoms with Gasteiger partial charge in [-0.2, -0.15) is 0 Å². The third kappa shape index (κ3) is 2.88. The number of carbonyl (C=O) groups is 1. The van der Waals surface area contributed by atoms with Crippen LogP contribution in [-0.2, 0) is 0 Å². The van der Waals surface area contributed by atoms with Crippen molar-refractivity contribution in [3.63, 3.8) is 0 Å². The van der Waals surface area contributed by atoms with E-state index in [9.17, 15) is 9.18 Å². The summed E-state index contributed by atoms with van der Waals surface area (Å²) in [6.07, 6.45) is 1.49. The highest BCUT2D eigenvalue weighted by molar-refractivity contribution is 5.97. The van der Waals surface area contributed by atoms with E-state index in [0.717, 1.165) is 0 Å². The number of nitrogen functional groups attached to an aromatic ring is 1. The SMILES string of the molecule is C[C@@H](NC(=O)c1ncccc1N)c1ccccc1F. The number of halogens is 1. The molecule has 1 aromatic carbocycles. The third-order valence-electron chi connectivity index (χ3n) is 2.77. The molecule has 0 bridgehead atoms. The van der Waals surface area contributed by atoms with E-state index in [1.807, 2.05) is 0 Å². The molecular formula is C14H14FN3O. The minimum Gasteiger partial charge on any atom is -0.397 e. The van der Waals surface area contributed by atoms with E-state index in [-0.39, 0.29) is 11.5 Å². The van der Waals surface area contributed by atoms with Gasteiger partial charge in [-0.15, -0.1) is 0 Å². The Labute approximate surface area is 110 Å². The molecule has 1 atom stereocenters. The summed E-state index contributed by atoms with van der Waals surface area (Å²) >= 11 is 0. The fraction of sp³-hybridized carbons (Fsp3) is 0.143. The van der Waals surface area contributed by atoms with Gasteiger partial charge in [-0.25, -0.2) is 9.37 Å². The molecule has 4 nitrogen and oxygen atoms in total. The number of amides is 1. The van der Waals surface area contributed by atoms with Crippen LogP contribution in [0.3, 0.4) is 0 Å². The number of nitrogens with one attached hydrogen (secondary N) is 1. The Kier molecular flexibility index (Phi) is 3.75. The van der Waals surface area contributed by atoms with Gasteiger partial charge in [-0.3, -0.25) is 4.79 Å². The first-order valence-corrected chi connectivity index (χ1v) is 5.85. The Bertz CT molecular complexity index is 601. The average Bonchev–Trinajstić information content (AvgIpc) is 2.39. The van der Waals surface area contributed by atoms with E-state index < -0.39 is 11.9 Å². The quantitative estimate of drug-likeness (QED) is 0.888. The molecule has 2 aromatic rings. The van der Waals surface area contributed by atoms with E-state index in [0.29, 0.717) is 11.3 Å². The smallest absolute Gasteiger partial charge is 0.272 e. The maximum absolute atomic E-state index is 13.6. The highest BCUT2D eigenvalue weighted by Crippen LogP contribution is 2.17. The first kappa shape index (κ1) is 13.0. The van der Waals surface area contributed by atoms with E-state index >= 15 is 0 Å². The Balaban J connectivity index is 2.16. The van der Waals surface area contributed by atoms with Crippen LogP contribution in [0, 0.1) is 5.82 Å². The van der Waals surface area contributed by atoms with Gasteiger partial charge in [0.25, 0.3) is 5.91 Å². The van der Waals surface area contributed by atoms with Gasteiger partial charge in [0.2, 0.25) is 0 Å². The number of anilines is 1. The molecular weight excluding hydrogens is 245 g/mol. The Morgan fingerprint density at radius 2 is 2.05 bits per heavy atom. The summed E-state index contributed by atoms with van der Waals surface area (Å²) in [5.74, 6) is -0.779. The zero-order chi connectivity index (χ0) is 13.8. The number of nitrogens with zero attached hydrogens (tertiary/aromatic N) is 1. The lowest BCUT2D eigenvalue weighted by atomic mass is 10.1. The van der Waals surface area contributed by atoms with Crippen molar-refractivity contribution in [2.24, 2.45) is 0 Å².